The average molecular weight is 411 g/mol. The van der Waals surface area contributed by atoms with Crippen LogP contribution >= 0.6 is 0 Å². The van der Waals surface area contributed by atoms with Gasteiger partial charge in [0.2, 0.25) is 0 Å². The minimum atomic E-state index is 0.362. The molecule has 3 aliphatic carbocycles. The average Bonchev–Trinajstić information content (AvgIpc) is 3.00. The molecule has 3 aliphatic rings. The van der Waals surface area contributed by atoms with E-state index in [-0.39, 0.29) is 0 Å². The van der Waals surface area contributed by atoms with Gasteiger partial charge in [-0.05, 0) is 97.7 Å². The third-order valence-corrected chi connectivity index (χ3v) is 9.30. The molecule has 3 fully saturated rings. The van der Waals surface area contributed by atoms with Crippen molar-refractivity contribution in [1.82, 2.24) is 0 Å². The first-order chi connectivity index (χ1) is 14.0. The van der Waals surface area contributed by atoms with Crippen LogP contribution in [0, 0.1) is 46.3 Å². The second-order valence-electron chi connectivity index (χ2n) is 12.9. The first-order valence-corrected chi connectivity index (χ1v) is 13.1. The summed E-state index contributed by atoms with van der Waals surface area (Å²) in [5, 5.41) is 0. The van der Waals surface area contributed by atoms with Crippen LogP contribution in [0.2, 0.25) is 0 Å². The van der Waals surface area contributed by atoms with Crippen LogP contribution in [0.4, 0.5) is 0 Å². The molecule has 0 saturated heterocycles. The maximum Gasteiger partial charge on any atom is -0.0143 e. The lowest BCUT2D eigenvalue weighted by Gasteiger charge is -2.44. The molecule has 0 aromatic heterocycles. The molecule has 0 nitrogen and oxygen atoms in total. The van der Waals surface area contributed by atoms with Crippen molar-refractivity contribution in [2.75, 3.05) is 0 Å². The first kappa shape index (κ1) is 23.9. The third kappa shape index (κ3) is 5.34. The Hall–Kier alpha value is -0.780. The lowest BCUT2D eigenvalue weighted by molar-refractivity contribution is 0.112. The molecule has 0 N–H and O–H groups in total. The Morgan fingerprint density at radius 2 is 1.63 bits per heavy atom. The molecule has 0 bridgehead atoms. The van der Waals surface area contributed by atoms with Gasteiger partial charge in [0, 0.05) is 0 Å². The number of allylic oxidation sites excluding steroid dienone is 6. The quantitative estimate of drug-likeness (QED) is 0.405. The van der Waals surface area contributed by atoms with Gasteiger partial charge in [0.15, 0.2) is 0 Å². The molecule has 30 heavy (non-hydrogen) atoms. The van der Waals surface area contributed by atoms with E-state index in [0.29, 0.717) is 22.7 Å². The first-order valence-electron chi connectivity index (χ1n) is 13.1. The molecule has 0 heteroatoms. The monoisotopic (exact) mass is 410 g/mol. The lowest BCUT2D eigenvalue weighted by Crippen LogP contribution is -2.35. The fourth-order valence-corrected chi connectivity index (χ4v) is 7.10. The summed E-state index contributed by atoms with van der Waals surface area (Å²) in [7, 11) is 0. The summed E-state index contributed by atoms with van der Waals surface area (Å²) in [4.78, 5) is 0. The van der Waals surface area contributed by atoms with Crippen LogP contribution in [-0.2, 0) is 0 Å². The Bertz CT molecular complexity index is 657. The molecule has 7 atom stereocenters. The molecule has 0 aromatic rings. The van der Waals surface area contributed by atoms with E-state index in [4.69, 9.17) is 0 Å². The van der Waals surface area contributed by atoms with E-state index in [2.05, 4.69) is 79.7 Å². The molecule has 170 valence electrons. The Labute approximate surface area is 188 Å². The van der Waals surface area contributed by atoms with Gasteiger partial charge in [-0.2, -0.15) is 0 Å². The summed E-state index contributed by atoms with van der Waals surface area (Å²) in [5.74, 6) is 4.74. The zero-order chi connectivity index (χ0) is 22.1. The predicted molar refractivity (Wildman–Crippen MR) is 133 cm³/mol. The van der Waals surface area contributed by atoms with Gasteiger partial charge in [0.05, 0.1) is 0 Å². The number of hydrogen-bond donors (Lipinski definition) is 0. The van der Waals surface area contributed by atoms with Gasteiger partial charge in [-0.1, -0.05) is 90.8 Å². The van der Waals surface area contributed by atoms with Crippen LogP contribution in [0.15, 0.2) is 35.5 Å². The highest BCUT2D eigenvalue weighted by Crippen LogP contribution is 2.59. The number of hydrogen-bond acceptors (Lipinski definition) is 0. The second-order valence-corrected chi connectivity index (χ2v) is 12.9. The highest BCUT2D eigenvalue weighted by molar-refractivity contribution is 5.26. The zero-order valence-electron chi connectivity index (χ0n) is 21.4. The van der Waals surface area contributed by atoms with Crippen molar-refractivity contribution >= 4 is 0 Å². The maximum atomic E-state index is 2.64. The van der Waals surface area contributed by atoms with E-state index >= 15 is 0 Å². The molecule has 3 rings (SSSR count). The van der Waals surface area contributed by atoms with Crippen LogP contribution in [0.3, 0.4) is 0 Å². The van der Waals surface area contributed by atoms with E-state index in [0.717, 1.165) is 23.7 Å². The molecule has 0 aromatic carbocycles. The predicted octanol–water partition coefficient (Wildman–Crippen LogP) is 9.39. The zero-order valence-corrected chi connectivity index (χ0v) is 21.4. The number of fused-ring (bicyclic) bond motifs is 1. The van der Waals surface area contributed by atoms with Gasteiger partial charge in [-0.25, -0.2) is 0 Å². The lowest BCUT2D eigenvalue weighted by atomic mass is 9.61. The molecule has 0 radical (unpaired) electrons. The van der Waals surface area contributed by atoms with E-state index in [9.17, 15) is 0 Å². The van der Waals surface area contributed by atoms with Gasteiger partial charge in [0.25, 0.3) is 0 Å². The molecule has 0 aliphatic heterocycles. The molecule has 3 saturated carbocycles. The van der Waals surface area contributed by atoms with E-state index in [1.807, 2.05) is 0 Å². The molecular formula is C30H50. The van der Waals surface area contributed by atoms with Crippen LogP contribution in [0.1, 0.15) is 107 Å². The van der Waals surface area contributed by atoms with Crippen molar-refractivity contribution in [2.24, 2.45) is 46.3 Å². The van der Waals surface area contributed by atoms with Crippen LogP contribution in [0.25, 0.3) is 0 Å². The Kier molecular flexibility index (Phi) is 7.46. The van der Waals surface area contributed by atoms with Gasteiger partial charge in [0.1, 0.15) is 0 Å². The van der Waals surface area contributed by atoms with Crippen molar-refractivity contribution in [3.8, 4) is 0 Å². The van der Waals surface area contributed by atoms with Crippen molar-refractivity contribution < 1.29 is 0 Å². The topological polar surface area (TPSA) is 0 Å². The maximum absolute atomic E-state index is 2.64. The van der Waals surface area contributed by atoms with Crippen LogP contribution in [-0.4, -0.2) is 0 Å². The van der Waals surface area contributed by atoms with E-state index < -0.39 is 0 Å². The smallest absolute Gasteiger partial charge is 0.0143 e. The SMILES string of the molecule is C[C@@H]1CC(=C/C=C2\CCC[C@]3(C)[C@@H]([C@H](C)/C=C/[C@H](C)C(C)(C)C)CC[C@@H]23)C[C@@H](C)C1. The minimum Gasteiger partial charge on any atom is -0.0851 e. The van der Waals surface area contributed by atoms with Crippen molar-refractivity contribution in [3.05, 3.63) is 35.5 Å². The Balaban J connectivity index is 1.73. The summed E-state index contributed by atoms with van der Waals surface area (Å²) >= 11 is 0. The second kappa shape index (κ2) is 9.38. The highest BCUT2D eigenvalue weighted by Gasteiger charge is 2.50. The summed E-state index contributed by atoms with van der Waals surface area (Å²) in [6, 6.07) is 0. The van der Waals surface area contributed by atoms with Crippen LogP contribution < -0.4 is 0 Å². The highest BCUT2D eigenvalue weighted by atomic mass is 14.5. The standard InChI is InChI=1S/C30H50/c1-21-18-22(2)20-25(19-21)13-14-26-10-9-17-30(8)27(15-16-28(26)30)23(3)11-12-24(4)29(5,6)7/h11-14,21-24,27-28H,9-10,15-20H2,1-8H3/b12-11+,26-14+/t21-,22-,23+,24-,27+,28-,30+/m0/s1. The molecule has 0 spiro atoms. The van der Waals surface area contributed by atoms with Crippen molar-refractivity contribution in [1.29, 1.82) is 0 Å². The fourth-order valence-electron chi connectivity index (χ4n) is 7.10. The van der Waals surface area contributed by atoms with Crippen molar-refractivity contribution in [2.45, 2.75) is 107 Å². The van der Waals surface area contributed by atoms with Crippen molar-refractivity contribution in [3.63, 3.8) is 0 Å². The summed E-state index contributed by atoms with van der Waals surface area (Å²) in [6.07, 6.45) is 21.3. The molecule has 0 heterocycles. The van der Waals surface area contributed by atoms with Gasteiger partial charge in [-0.3, -0.25) is 0 Å². The Morgan fingerprint density at radius 3 is 2.27 bits per heavy atom. The minimum absolute atomic E-state index is 0.362. The summed E-state index contributed by atoms with van der Waals surface area (Å²) in [6.45, 7) is 19.5. The molecular weight excluding hydrogens is 360 g/mol. The summed E-state index contributed by atoms with van der Waals surface area (Å²) in [5.41, 5.74) is 4.36. The van der Waals surface area contributed by atoms with E-state index in [1.54, 1.807) is 11.1 Å². The molecule has 0 unspecified atom stereocenters. The largest absolute Gasteiger partial charge is 0.0851 e. The normalized spacial score (nSPS) is 38.7. The summed E-state index contributed by atoms with van der Waals surface area (Å²) < 4.78 is 0. The number of rotatable bonds is 4. The third-order valence-electron chi connectivity index (χ3n) is 9.30. The van der Waals surface area contributed by atoms with E-state index in [1.165, 1.54) is 51.4 Å². The Morgan fingerprint density at radius 1 is 0.967 bits per heavy atom. The molecule has 0 amide bonds. The van der Waals surface area contributed by atoms with Gasteiger partial charge in [-0.15, -0.1) is 0 Å². The van der Waals surface area contributed by atoms with Crippen LogP contribution in [0.5, 0.6) is 0 Å². The van der Waals surface area contributed by atoms with Gasteiger partial charge >= 0.3 is 0 Å². The van der Waals surface area contributed by atoms with Gasteiger partial charge < -0.3 is 0 Å². The fraction of sp³-hybridized carbons (Fsp3) is 0.800.